The van der Waals surface area contributed by atoms with Gasteiger partial charge in [0.15, 0.2) is 0 Å². The van der Waals surface area contributed by atoms with E-state index in [1.54, 1.807) is 11.3 Å². The second kappa shape index (κ2) is 7.94. The highest BCUT2D eigenvalue weighted by Crippen LogP contribution is 2.38. The van der Waals surface area contributed by atoms with E-state index in [0.717, 1.165) is 22.1 Å². The number of nitrogens with one attached hydrogen (secondary N) is 1. The second-order valence-electron chi connectivity index (χ2n) is 6.57. The van der Waals surface area contributed by atoms with Crippen LogP contribution in [0.1, 0.15) is 17.7 Å². The third-order valence-electron chi connectivity index (χ3n) is 4.86. The summed E-state index contributed by atoms with van der Waals surface area (Å²) in [5, 5.41) is 5.11. The highest BCUT2D eigenvalue weighted by atomic mass is 32.1. The average molecular weight is 379 g/mol. The summed E-state index contributed by atoms with van der Waals surface area (Å²) in [6, 6.07) is 21.2. The minimum Gasteiger partial charge on any atom is -0.457 e. The Morgan fingerprint density at radius 2 is 1.63 bits per heavy atom. The lowest BCUT2D eigenvalue weighted by molar-refractivity contribution is -0.125. The second-order valence-corrected chi connectivity index (χ2v) is 7.51. The number of hydrogen-bond acceptors (Lipinski definition) is 4. The summed E-state index contributed by atoms with van der Waals surface area (Å²) in [6.45, 7) is 1.21. The Hall–Kier alpha value is -2.63. The zero-order valence-corrected chi connectivity index (χ0v) is 15.7. The zero-order valence-electron chi connectivity index (χ0n) is 14.9. The first-order valence-electron chi connectivity index (χ1n) is 9.02. The molecule has 0 saturated carbocycles. The van der Waals surface area contributed by atoms with Crippen molar-refractivity contribution in [2.24, 2.45) is 0 Å². The minimum atomic E-state index is -0.508. The van der Waals surface area contributed by atoms with E-state index in [-0.39, 0.29) is 5.91 Å². The lowest BCUT2D eigenvalue weighted by Crippen LogP contribution is -2.44. The van der Waals surface area contributed by atoms with Gasteiger partial charge in [-0.15, -0.1) is 11.3 Å². The molecule has 5 heteroatoms. The van der Waals surface area contributed by atoms with Crippen molar-refractivity contribution in [1.82, 2.24) is 0 Å². The molecule has 0 bridgehead atoms. The van der Waals surface area contributed by atoms with Crippen LogP contribution in [0, 0.1) is 0 Å². The Kier molecular flexibility index (Phi) is 5.23. The molecule has 1 aliphatic heterocycles. The van der Waals surface area contributed by atoms with E-state index in [4.69, 9.17) is 9.47 Å². The Morgan fingerprint density at radius 1 is 0.926 bits per heavy atom. The number of thiophene rings is 1. The largest absolute Gasteiger partial charge is 0.457 e. The molecular weight excluding hydrogens is 358 g/mol. The molecule has 4 nitrogen and oxygen atoms in total. The molecule has 27 heavy (non-hydrogen) atoms. The lowest BCUT2D eigenvalue weighted by Gasteiger charge is -2.35. The Morgan fingerprint density at radius 3 is 2.30 bits per heavy atom. The summed E-state index contributed by atoms with van der Waals surface area (Å²) in [7, 11) is 0. The van der Waals surface area contributed by atoms with Crippen LogP contribution in [0.25, 0.3) is 0 Å². The molecular formula is C22H21NO3S. The number of ether oxygens (including phenoxy) is 2. The van der Waals surface area contributed by atoms with Crippen LogP contribution in [0.3, 0.4) is 0 Å². The van der Waals surface area contributed by atoms with Crippen LogP contribution in [-0.4, -0.2) is 19.1 Å². The number of para-hydroxylation sites is 1. The molecule has 0 radical (unpaired) electrons. The Balaban J connectivity index is 1.48. The normalized spacial score (nSPS) is 15.9. The minimum absolute atomic E-state index is 0.0324. The summed E-state index contributed by atoms with van der Waals surface area (Å²) in [4.78, 5) is 14.3. The van der Waals surface area contributed by atoms with E-state index in [1.807, 2.05) is 72.1 Å². The summed E-state index contributed by atoms with van der Waals surface area (Å²) in [5.74, 6) is 1.55. The van der Waals surface area contributed by atoms with Crippen LogP contribution in [0.2, 0.25) is 0 Å². The predicted molar refractivity (Wildman–Crippen MR) is 108 cm³/mol. The average Bonchev–Trinajstić information content (AvgIpc) is 3.26. The van der Waals surface area contributed by atoms with Gasteiger partial charge in [-0.3, -0.25) is 4.79 Å². The van der Waals surface area contributed by atoms with E-state index in [2.05, 4.69) is 5.32 Å². The van der Waals surface area contributed by atoms with E-state index in [9.17, 15) is 4.79 Å². The monoisotopic (exact) mass is 379 g/mol. The maximum Gasteiger partial charge on any atom is 0.236 e. The lowest BCUT2D eigenvalue weighted by atomic mass is 9.78. The van der Waals surface area contributed by atoms with Crippen LogP contribution >= 0.6 is 11.3 Å². The van der Waals surface area contributed by atoms with Crippen molar-refractivity contribution >= 4 is 22.9 Å². The first-order chi connectivity index (χ1) is 13.3. The van der Waals surface area contributed by atoms with Crippen molar-refractivity contribution in [3.05, 3.63) is 77.0 Å². The van der Waals surface area contributed by atoms with Gasteiger partial charge >= 0.3 is 0 Å². The maximum atomic E-state index is 13.2. The fourth-order valence-electron chi connectivity index (χ4n) is 3.34. The van der Waals surface area contributed by atoms with E-state index in [1.165, 1.54) is 0 Å². The molecule has 138 valence electrons. The van der Waals surface area contributed by atoms with Gasteiger partial charge in [0.2, 0.25) is 5.91 Å². The molecule has 2 aromatic carbocycles. The third-order valence-corrected chi connectivity index (χ3v) is 5.94. The van der Waals surface area contributed by atoms with Crippen LogP contribution in [0.5, 0.6) is 11.5 Å². The van der Waals surface area contributed by atoms with Gasteiger partial charge in [-0.2, -0.15) is 0 Å². The number of amides is 1. The number of benzene rings is 2. The molecule has 1 aliphatic rings. The van der Waals surface area contributed by atoms with Crippen LogP contribution < -0.4 is 10.1 Å². The van der Waals surface area contributed by atoms with Crippen molar-refractivity contribution in [3.8, 4) is 11.5 Å². The fraction of sp³-hybridized carbons (Fsp3) is 0.227. The molecule has 4 rings (SSSR count). The van der Waals surface area contributed by atoms with E-state index in [0.29, 0.717) is 26.1 Å². The standard InChI is InChI=1S/C22H21NO3S/c24-21(22(12-14-25-15-13-22)20-7-4-16-27-20)23-17-8-10-19(11-9-17)26-18-5-2-1-3-6-18/h1-11,16H,12-15H2,(H,23,24). The third kappa shape index (κ3) is 3.89. The van der Waals surface area contributed by atoms with Crippen LogP contribution in [0.4, 0.5) is 5.69 Å². The number of carbonyl (C=O) groups excluding carboxylic acids is 1. The summed E-state index contributed by atoms with van der Waals surface area (Å²) in [6.07, 6.45) is 1.41. The quantitative estimate of drug-likeness (QED) is 0.660. The van der Waals surface area contributed by atoms with Crippen molar-refractivity contribution < 1.29 is 14.3 Å². The molecule has 0 atom stereocenters. The molecule has 1 N–H and O–H groups in total. The van der Waals surface area contributed by atoms with Gasteiger partial charge in [0, 0.05) is 23.8 Å². The van der Waals surface area contributed by atoms with Crippen molar-refractivity contribution in [3.63, 3.8) is 0 Å². The van der Waals surface area contributed by atoms with Crippen LogP contribution in [-0.2, 0) is 14.9 Å². The van der Waals surface area contributed by atoms with Crippen molar-refractivity contribution in [2.75, 3.05) is 18.5 Å². The maximum absolute atomic E-state index is 13.2. The number of anilines is 1. The molecule has 1 fully saturated rings. The summed E-state index contributed by atoms with van der Waals surface area (Å²) in [5.41, 5.74) is 0.258. The highest BCUT2D eigenvalue weighted by molar-refractivity contribution is 7.10. The summed E-state index contributed by atoms with van der Waals surface area (Å²) >= 11 is 1.63. The molecule has 1 amide bonds. The molecule has 0 spiro atoms. The Labute approximate surface area is 162 Å². The highest BCUT2D eigenvalue weighted by Gasteiger charge is 2.42. The smallest absolute Gasteiger partial charge is 0.236 e. The molecule has 2 heterocycles. The van der Waals surface area contributed by atoms with Gasteiger partial charge in [-0.1, -0.05) is 24.3 Å². The van der Waals surface area contributed by atoms with Crippen molar-refractivity contribution in [1.29, 1.82) is 0 Å². The predicted octanol–water partition coefficient (Wildman–Crippen LogP) is 5.23. The first-order valence-corrected chi connectivity index (χ1v) is 9.90. The van der Waals surface area contributed by atoms with Gasteiger partial charge < -0.3 is 14.8 Å². The number of rotatable bonds is 5. The van der Waals surface area contributed by atoms with Gasteiger partial charge in [0.25, 0.3) is 0 Å². The number of carbonyl (C=O) groups is 1. The van der Waals surface area contributed by atoms with E-state index < -0.39 is 5.41 Å². The molecule has 0 unspecified atom stereocenters. The fourth-order valence-corrected chi connectivity index (χ4v) is 4.32. The SMILES string of the molecule is O=C(Nc1ccc(Oc2ccccc2)cc1)C1(c2cccs2)CCOCC1. The zero-order chi connectivity index (χ0) is 18.5. The molecule has 1 aromatic heterocycles. The van der Waals surface area contributed by atoms with Gasteiger partial charge in [-0.05, 0) is 60.7 Å². The van der Waals surface area contributed by atoms with Gasteiger partial charge in [0.05, 0.1) is 5.41 Å². The topological polar surface area (TPSA) is 47.6 Å². The van der Waals surface area contributed by atoms with Crippen molar-refractivity contribution in [2.45, 2.75) is 18.3 Å². The first kappa shape index (κ1) is 17.8. The Bertz CT molecular complexity index is 870. The number of hydrogen-bond donors (Lipinski definition) is 1. The van der Waals surface area contributed by atoms with Gasteiger partial charge in [-0.25, -0.2) is 0 Å². The van der Waals surface area contributed by atoms with Crippen LogP contribution in [0.15, 0.2) is 72.1 Å². The summed E-state index contributed by atoms with van der Waals surface area (Å²) < 4.78 is 11.3. The molecule has 3 aromatic rings. The molecule has 1 saturated heterocycles. The molecule has 0 aliphatic carbocycles. The van der Waals surface area contributed by atoms with Gasteiger partial charge in [0.1, 0.15) is 11.5 Å². The van der Waals surface area contributed by atoms with E-state index >= 15 is 0 Å².